The van der Waals surface area contributed by atoms with E-state index in [4.69, 9.17) is 5.73 Å². The first-order chi connectivity index (χ1) is 9.72. The number of likely N-dealkylation sites (tertiary alicyclic amines) is 1. The fraction of sp³-hybridized carbons (Fsp3) is 0.438. The fourth-order valence-electron chi connectivity index (χ4n) is 2.76. The molecular weight excluding hydrogens is 248 g/mol. The maximum Gasteiger partial charge on any atom is 0.127 e. The summed E-state index contributed by atoms with van der Waals surface area (Å²) >= 11 is 0. The summed E-state index contributed by atoms with van der Waals surface area (Å²) < 4.78 is 1.83. The molecule has 0 amide bonds. The first-order valence-corrected chi connectivity index (χ1v) is 7.36. The Labute approximate surface area is 120 Å². The van der Waals surface area contributed by atoms with E-state index in [9.17, 15) is 0 Å². The molecule has 4 heteroatoms. The first-order valence-electron chi connectivity index (χ1n) is 7.36. The summed E-state index contributed by atoms with van der Waals surface area (Å²) in [6.07, 6.45) is 3.96. The Balaban J connectivity index is 1.78. The van der Waals surface area contributed by atoms with E-state index in [0.717, 1.165) is 17.9 Å². The molecule has 0 atom stereocenters. The third kappa shape index (κ3) is 2.85. The third-order valence-corrected chi connectivity index (χ3v) is 3.90. The van der Waals surface area contributed by atoms with Crippen LogP contribution in [0.15, 0.2) is 30.3 Å². The maximum absolute atomic E-state index is 6.10. The molecule has 2 N–H and O–H groups in total. The number of aromatic nitrogens is 2. The number of hydrogen-bond donors (Lipinski definition) is 1. The lowest BCUT2D eigenvalue weighted by Gasteiger charge is -2.25. The molecule has 1 saturated heterocycles. The van der Waals surface area contributed by atoms with Crippen LogP contribution in [-0.2, 0) is 6.54 Å². The first kappa shape index (κ1) is 13.2. The van der Waals surface area contributed by atoms with Gasteiger partial charge in [-0.25, -0.2) is 4.68 Å². The number of hydrogen-bond acceptors (Lipinski definition) is 3. The van der Waals surface area contributed by atoms with Gasteiger partial charge in [0.1, 0.15) is 5.82 Å². The second kappa shape index (κ2) is 5.67. The summed E-state index contributed by atoms with van der Waals surface area (Å²) in [6.45, 7) is 5.34. The second-order valence-corrected chi connectivity index (χ2v) is 5.64. The van der Waals surface area contributed by atoms with Crippen LogP contribution in [0.25, 0.3) is 5.69 Å². The quantitative estimate of drug-likeness (QED) is 0.933. The highest BCUT2D eigenvalue weighted by Gasteiger charge is 2.13. The van der Waals surface area contributed by atoms with Crippen LogP contribution < -0.4 is 5.73 Å². The molecule has 0 radical (unpaired) electrons. The Bertz CT molecular complexity index is 565. The van der Waals surface area contributed by atoms with Gasteiger partial charge in [0.15, 0.2) is 0 Å². The monoisotopic (exact) mass is 270 g/mol. The van der Waals surface area contributed by atoms with E-state index in [1.165, 1.54) is 37.9 Å². The minimum atomic E-state index is 0.709. The molecule has 1 aromatic carbocycles. The third-order valence-electron chi connectivity index (χ3n) is 3.90. The number of rotatable bonds is 3. The van der Waals surface area contributed by atoms with E-state index in [0.29, 0.717) is 5.82 Å². The summed E-state index contributed by atoms with van der Waals surface area (Å²) in [5.41, 5.74) is 9.43. The van der Waals surface area contributed by atoms with E-state index in [-0.39, 0.29) is 0 Å². The highest BCUT2D eigenvalue weighted by atomic mass is 15.3. The molecule has 0 saturated carbocycles. The molecule has 1 aliphatic heterocycles. The number of benzene rings is 1. The average Bonchev–Trinajstić information content (AvgIpc) is 2.81. The van der Waals surface area contributed by atoms with Gasteiger partial charge >= 0.3 is 0 Å². The van der Waals surface area contributed by atoms with Gasteiger partial charge in [-0.05, 0) is 45.0 Å². The zero-order valence-electron chi connectivity index (χ0n) is 12.0. The van der Waals surface area contributed by atoms with Crippen molar-refractivity contribution >= 4 is 5.82 Å². The number of nitrogens with two attached hydrogens (primary N) is 1. The summed E-state index contributed by atoms with van der Waals surface area (Å²) in [5.74, 6) is 0.709. The fourth-order valence-corrected chi connectivity index (χ4v) is 2.76. The SMILES string of the molecule is Cc1ccc(-n2nc(CN3CCCCC3)cc2N)cc1. The molecular formula is C16H22N4. The Morgan fingerprint density at radius 2 is 1.80 bits per heavy atom. The molecule has 4 nitrogen and oxygen atoms in total. The van der Waals surface area contributed by atoms with Crippen LogP contribution in [0, 0.1) is 6.92 Å². The maximum atomic E-state index is 6.10. The van der Waals surface area contributed by atoms with Gasteiger partial charge in [-0.3, -0.25) is 4.90 Å². The average molecular weight is 270 g/mol. The van der Waals surface area contributed by atoms with Crippen molar-refractivity contribution in [1.29, 1.82) is 0 Å². The molecule has 0 spiro atoms. The van der Waals surface area contributed by atoms with Crippen LogP contribution >= 0.6 is 0 Å². The van der Waals surface area contributed by atoms with E-state index >= 15 is 0 Å². The molecule has 1 fully saturated rings. The number of aryl methyl sites for hydroxylation is 1. The van der Waals surface area contributed by atoms with Crippen LogP contribution in [0.4, 0.5) is 5.82 Å². The largest absolute Gasteiger partial charge is 0.384 e. The number of nitrogen functional groups attached to an aromatic ring is 1. The lowest BCUT2D eigenvalue weighted by atomic mass is 10.1. The Hall–Kier alpha value is -1.81. The molecule has 1 aliphatic rings. The summed E-state index contributed by atoms with van der Waals surface area (Å²) in [7, 11) is 0. The summed E-state index contributed by atoms with van der Waals surface area (Å²) in [6, 6.07) is 10.3. The lowest BCUT2D eigenvalue weighted by Crippen LogP contribution is -2.29. The van der Waals surface area contributed by atoms with E-state index < -0.39 is 0 Å². The predicted molar refractivity (Wildman–Crippen MR) is 81.8 cm³/mol. The van der Waals surface area contributed by atoms with Gasteiger partial charge < -0.3 is 5.73 Å². The molecule has 106 valence electrons. The summed E-state index contributed by atoms with van der Waals surface area (Å²) in [5, 5.41) is 4.65. The Morgan fingerprint density at radius 1 is 1.10 bits per heavy atom. The molecule has 3 rings (SSSR count). The van der Waals surface area contributed by atoms with Gasteiger partial charge in [0.25, 0.3) is 0 Å². The topological polar surface area (TPSA) is 47.1 Å². The standard InChI is InChI=1S/C16H22N4/c1-13-5-7-15(8-6-13)20-16(17)11-14(18-20)12-19-9-3-2-4-10-19/h5-8,11H,2-4,9-10,12,17H2,1H3. The van der Waals surface area contributed by atoms with E-state index in [1.807, 2.05) is 10.7 Å². The van der Waals surface area contributed by atoms with Crippen LogP contribution in [0.1, 0.15) is 30.5 Å². The van der Waals surface area contributed by atoms with Gasteiger partial charge in [-0.1, -0.05) is 24.1 Å². The van der Waals surface area contributed by atoms with Crippen molar-refractivity contribution in [3.05, 3.63) is 41.6 Å². The number of nitrogens with zero attached hydrogens (tertiary/aromatic N) is 3. The normalized spacial score (nSPS) is 16.4. The van der Waals surface area contributed by atoms with Gasteiger partial charge in [-0.2, -0.15) is 5.10 Å². The molecule has 0 bridgehead atoms. The van der Waals surface area contributed by atoms with Crippen molar-refractivity contribution < 1.29 is 0 Å². The summed E-state index contributed by atoms with van der Waals surface area (Å²) in [4.78, 5) is 2.46. The van der Waals surface area contributed by atoms with Crippen LogP contribution in [0.3, 0.4) is 0 Å². The minimum absolute atomic E-state index is 0.709. The predicted octanol–water partition coefficient (Wildman–Crippen LogP) is 2.75. The molecule has 2 aromatic rings. The zero-order valence-corrected chi connectivity index (χ0v) is 12.0. The van der Waals surface area contributed by atoms with Crippen molar-refractivity contribution in [3.8, 4) is 5.69 Å². The van der Waals surface area contributed by atoms with Gasteiger partial charge in [0.05, 0.1) is 11.4 Å². The second-order valence-electron chi connectivity index (χ2n) is 5.64. The minimum Gasteiger partial charge on any atom is -0.384 e. The highest BCUT2D eigenvalue weighted by Crippen LogP contribution is 2.18. The molecule has 20 heavy (non-hydrogen) atoms. The smallest absolute Gasteiger partial charge is 0.127 e. The van der Waals surface area contributed by atoms with Gasteiger partial charge in [0, 0.05) is 12.6 Å². The molecule has 0 aliphatic carbocycles. The van der Waals surface area contributed by atoms with E-state index in [2.05, 4.69) is 41.2 Å². The highest BCUT2D eigenvalue weighted by molar-refractivity contribution is 5.43. The molecule has 1 aromatic heterocycles. The van der Waals surface area contributed by atoms with Crippen molar-refractivity contribution in [2.24, 2.45) is 0 Å². The van der Waals surface area contributed by atoms with Crippen molar-refractivity contribution in [3.63, 3.8) is 0 Å². The van der Waals surface area contributed by atoms with Gasteiger partial charge in [-0.15, -0.1) is 0 Å². The molecule has 2 heterocycles. The number of anilines is 1. The van der Waals surface area contributed by atoms with Crippen LogP contribution in [0.2, 0.25) is 0 Å². The zero-order chi connectivity index (χ0) is 13.9. The van der Waals surface area contributed by atoms with Crippen molar-refractivity contribution in [2.45, 2.75) is 32.7 Å². The lowest BCUT2D eigenvalue weighted by molar-refractivity contribution is 0.218. The Morgan fingerprint density at radius 3 is 2.50 bits per heavy atom. The van der Waals surface area contributed by atoms with Crippen LogP contribution in [0.5, 0.6) is 0 Å². The van der Waals surface area contributed by atoms with Gasteiger partial charge in [0.2, 0.25) is 0 Å². The van der Waals surface area contributed by atoms with E-state index in [1.54, 1.807) is 0 Å². The molecule has 0 unspecified atom stereocenters. The van der Waals surface area contributed by atoms with Crippen LogP contribution in [-0.4, -0.2) is 27.8 Å². The van der Waals surface area contributed by atoms with Crippen molar-refractivity contribution in [1.82, 2.24) is 14.7 Å². The van der Waals surface area contributed by atoms with Crippen molar-refractivity contribution in [2.75, 3.05) is 18.8 Å². The Kier molecular flexibility index (Phi) is 3.74. The number of piperidine rings is 1.